The van der Waals surface area contributed by atoms with E-state index < -0.39 is 30.1 Å². The van der Waals surface area contributed by atoms with Crippen LogP contribution >= 0.6 is 11.6 Å². The lowest BCUT2D eigenvalue weighted by atomic mass is 9.98. The van der Waals surface area contributed by atoms with E-state index in [0.29, 0.717) is 27.6 Å². The van der Waals surface area contributed by atoms with E-state index in [-0.39, 0.29) is 25.9 Å². The predicted octanol–water partition coefficient (Wildman–Crippen LogP) is 2.66. The summed E-state index contributed by atoms with van der Waals surface area (Å²) in [6, 6.07) is 3.50. The van der Waals surface area contributed by atoms with Crippen molar-refractivity contribution in [2.24, 2.45) is 0 Å². The fraction of sp³-hybridized carbons (Fsp3) is 0.500. The summed E-state index contributed by atoms with van der Waals surface area (Å²) in [6.45, 7) is 0.0673. The normalized spacial score (nSPS) is 23.6. The van der Waals surface area contributed by atoms with Gasteiger partial charge >= 0.3 is 12.1 Å². The number of carbonyl (C=O) groups is 2. The van der Waals surface area contributed by atoms with E-state index in [2.05, 4.69) is 0 Å². The van der Waals surface area contributed by atoms with Crippen LogP contribution in [0.4, 0.5) is 18.9 Å². The molecule has 1 saturated heterocycles. The number of rotatable bonds is 1. The molecule has 2 heterocycles. The van der Waals surface area contributed by atoms with Crippen molar-refractivity contribution < 1.29 is 27.9 Å². The largest absolute Gasteiger partial charge is 0.471 e. The molecular formula is C16H16ClF3N2O3. The first-order chi connectivity index (χ1) is 11.7. The number of fused-ring (bicyclic) bond motifs is 1. The molecule has 2 aliphatic heterocycles. The molecule has 2 aliphatic rings. The first-order valence-corrected chi connectivity index (χ1v) is 8.24. The Bertz CT molecular complexity index is 710. The number of anilines is 1. The third kappa shape index (κ3) is 3.32. The van der Waals surface area contributed by atoms with Crippen LogP contribution in [0.15, 0.2) is 18.2 Å². The molecule has 0 aliphatic carbocycles. The quantitative estimate of drug-likeness (QED) is 0.819. The van der Waals surface area contributed by atoms with Crippen LogP contribution in [0.3, 0.4) is 0 Å². The van der Waals surface area contributed by atoms with Gasteiger partial charge in [0.1, 0.15) is 6.04 Å². The van der Waals surface area contributed by atoms with Crippen LogP contribution in [-0.4, -0.2) is 47.1 Å². The summed E-state index contributed by atoms with van der Waals surface area (Å²) in [7, 11) is 0. The van der Waals surface area contributed by atoms with Crippen molar-refractivity contribution >= 4 is 29.1 Å². The lowest BCUT2D eigenvalue weighted by molar-refractivity contribution is -0.186. The Balaban J connectivity index is 1.89. The first kappa shape index (κ1) is 18.0. The van der Waals surface area contributed by atoms with Crippen LogP contribution in [0.2, 0.25) is 5.02 Å². The van der Waals surface area contributed by atoms with Crippen LogP contribution in [0, 0.1) is 0 Å². The van der Waals surface area contributed by atoms with Crippen molar-refractivity contribution in [2.75, 3.05) is 18.0 Å². The summed E-state index contributed by atoms with van der Waals surface area (Å²) in [5.74, 6) is -2.55. The second-order valence-corrected chi connectivity index (χ2v) is 6.59. The molecular weight excluding hydrogens is 361 g/mol. The van der Waals surface area contributed by atoms with Crippen LogP contribution in [0.5, 0.6) is 0 Å². The van der Waals surface area contributed by atoms with Gasteiger partial charge in [-0.2, -0.15) is 13.2 Å². The summed E-state index contributed by atoms with van der Waals surface area (Å²) in [4.78, 5) is 26.4. The van der Waals surface area contributed by atoms with Gasteiger partial charge < -0.3 is 14.9 Å². The van der Waals surface area contributed by atoms with Crippen LogP contribution in [0.1, 0.15) is 30.9 Å². The van der Waals surface area contributed by atoms with Crippen LogP contribution in [0.25, 0.3) is 0 Å². The van der Waals surface area contributed by atoms with E-state index in [0.717, 1.165) is 0 Å². The molecule has 25 heavy (non-hydrogen) atoms. The van der Waals surface area contributed by atoms with Crippen LogP contribution in [-0.2, 0) is 9.59 Å². The Labute approximate surface area is 147 Å². The number of hydrogen-bond donors (Lipinski definition) is 1. The minimum absolute atomic E-state index is 0.0985. The van der Waals surface area contributed by atoms with Crippen molar-refractivity contribution in [3.05, 3.63) is 28.8 Å². The highest BCUT2D eigenvalue weighted by Crippen LogP contribution is 2.37. The third-order valence-corrected chi connectivity index (χ3v) is 4.81. The van der Waals surface area contributed by atoms with Gasteiger partial charge in [0.15, 0.2) is 0 Å². The molecule has 2 amide bonds. The Hall–Kier alpha value is -1.80. The SMILES string of the molecule is O=C(C1CCCN1C(=O)C(F)(F)F)N1CCC(O)c2cc(Cl)ccc21. The number of aliphatic hydroxyl groups excluding tert-OH is 1. The molecule has 9 heteroatoms. The maximum atomic E-state index is 12.8. The molecule has 0 bridgehead atoms. The van der Waals surface area contributed by atoms with Gasteiger partial charge in [-0.3, -0.25) is 9.59 Å². The fourth-order valence-corrected chi connectivity index (χ4v) is 3.58. The molecule has 136 valence electrons. The number of likely N-dealkylation sites (tertiary alicyclic amines) is 1. The number of alkyl halides is 3. The molecule has 2 unspecified atom stereocenters. The smallest absolute Gasteiger partial charge is 0.388 e. The van der Waals surface area contributed by atoms with Crippen molar-refractivity contribution in [3.8, 4) is 0 Å². The summed E-state index contributed by atoms with van der Waals surface area (Å²) in [5.41, 5.74) is 0.873. The van der Waals surface area contributed by atoms with Gasteiger partial charge in [-0.25, -0.2) is 0 Å². The zero-order valence-electron chi connectivity index (χ0n) is 13.1. The van der Waals surface area contributed by atoms with Gasteiger partial charge in [0.25, 0.3) is 0 Å². The molecule has 0 aromatic heterocycles. The minimum Gasteiger partial charge on any atom is -0.388 e. The van der Waals surface area contributed by atoms with E-state index >= 15 is 0 Å². The van der Waals surface area contributed by atoms with Gasteiger partial charge in [-0.1, -0.05) is 11.6 Å². The zero-order chi connectivity index (χ0) is 18.4. The summed E-state index contributed by atoms with van der Waals surface area (Å²) < 4.78 is 38.3. The van der Waals surface area contributed by atoms with Gasteiger partial charge in [0, 0.05) is 29.4 Å². The fourth-order valence-electron chi connectivity index (χ4n) is 3.40. The Morgan fingerprint density at radius 1 is 1.20 bits per heavy atom. The summed E-state index contributed by atoms with van der Waals surface area (Å²) in [5, 5.41) is 10.5. The molecule has 1 N–H and O–H groups in total. The van der Waals surface area contributed by atoms with E-state index in [4.69, 9.17) is 11.6 Å². The lowest BCUT2D eigenvalue weighted by Gasteiger charge is -2.35. The number of aliphatic hydroxyl groups is 1. The lowest BCUT2D eigenvalue weighted by Crippen LogP contribution is -2.52. The third-order valence-electron chi connectivity index (χ3n) is 4.57. The van der Waals surface area contributed by atoms with E-state index in [1.807, 2.05) is 0 Å². The first-order valence-electron chi connectivity index (χ1n) is 7.87. The second kappa shape index (κ2) is 6.49. The number of amides is 2. The van der Waals surface area contributed by atoms with Crippen molar-refractivity contribution in [3.63, 3.8) is 0 Å². The molecule has 2 atom stereocenters. The number of benzene rings is 1. The van der Waals surface area contributed by atoms with Gasteiger partial charge in [-0.05, 0) is 37.5 Å². The summed E-state index contributed by atoms with van der Waals surface area (Å²) in [6.07, 6.45) is -5.04. The Morgan fingerprint density at radius 3 is 2.60 bits per heavy atom. The maximum Gasteiger partial charge on any atom is 0.471 e. The number of nitrogens with zero attached hydrogens (tertiary/aromatic N) is 2. The van der Waals surface area contributed by atoms with Gasteiger partial charge in [0.2, 0.25) is 5.91 Å². The highest BCUT2D eigenvalue weighted by molar-refractivity contribution is 6.30. The second-order valence-electron chi connectivity index (χ2n) is 6.15. The topological polar surface area (TPSA) is 60.9 Å². The Morgan fingerprint density at radius 2 is 1.92 bits per heavy atom. The highest BCUT2D eigenvalue weighted by Gasteiger charge is 2.48. The van der Waals surface area contributed by atoms with Gasteiger partial charge in [-0.15, -0.1) is 0 Å². The zero-order valence-corrected chi connectivity index (χ0v) is 13.8. The highest BCUT2D eigenvalue weighted by atomic mass is 35.5. The van der Waals surface area contributed by atoms with Crippen molar-refractivity contribution in [1.29, 1.82) is 0 Å². The van der Waals surface area contributed by atoms with Gasteiger partial charge in [0.05, 0.1) is 6.10 Å². The maximum absolute atomic E-state index is 12.8. The molecule has 1 aromatic carbocycles. The van der Waals surface area contributed by atoms with Crippen molar-refractivity contribution in [1.82, 2.24) is 4.90 Å². The molecule has 0 radical (unpaired) electrons. The number of hydrogen-bond acceptors (Lipinski definition) is 3. The standard InChI is InChI=1S/C16H16ClF3N2O3/c17-9-3-4-11-10(8-9)13(23)5-7-21(11)14(24)12-2-1-6-22(12)15(25)16(18,19)20/h3-4,8,12-13,23H,1-2,5-7H2. The molecule has 1 aromatic rings. The average Bonchev–Trinajstić information content (AvgIpc) is 3.03. The molecule has 0 saturated carbocycles. The molecule has 5 nitrogen and oxygen atoms in total. The monoisotopic (exact) mass is 376 g/mol. The minimum atomic E-state index is -5.01. The molecule has 1 fully saturated rings. The number of carbonyl (C=O) groups excluding carboxylic acids is 2. The van der Waals surface area contributed by atoms with Crippen LogP contribution < -0.4 is 4.90 Å². The van der Waals surface area contributed by atoms with E-state index in [1.54, 1.807) is 12.1 Å². The average molecular weight is 377 g/mol. The van der Waals surface area contributed by atoms with Crippen molar-refractivity contribution in [2.45, 2.75) is 37.6 Å². The summed E-state index contributed by atoms with van der Waals surface area (Å²) >= 11 is 5.92. The number of halogens is 4. The van der Waals surface area contributed by atoms with E-state index in [1.165, 1.54) is 11.0 Å². The van der Waals surface area contributed by atoms with E-state index in [9.17, 15) is 27.9 Å². The molecule has 0 spiro atoms. The predicted molar refractivity (Wildman–Crippen MR) is 84.2 cm³/mol. The molecule has 3 rings (SSSR count). The Kier molecular flexibility index (Phi) is 4.68.